The van der Waals surface area contributed by atoms with Crippen molar-refractivity contribution in [1.82, 2.24) is 0 Å². The molecule has 0 amide bonds. The first-order chi connectivity index (χ1) is 24.5. The summed E-state index contributed by atoms with van der Waals surface area (Å²) >= 11 is 0. The lowest BCUT2D eigenvalue weighted by Crippen LogP contribution is -2.62. The highest BCUT2D eigenvalue weighted by Gasteiger charge is 2.50. The van der Waals surface area contributed by atoms with Gasteiger partial charge in [0.05, 0.1) is 45.2 Å². The van der Waals surface area contributed by atoms with Crippen molar-refractivity contribution in [3.05, 3.63) is 144 Å². The van der Waals surface area contributed by atoms with Gasteiger partial charge in [-0.1, -0.05) is 135 Å². The van der Waals surface area contributed by atoms with Gasteiger partial charge in [0.2, 0.25) is 0 Å². The molecule has 4 aromatic rings. The Morgan fingerprint density at radius 3 is 1.54 bits per heavy atom. The Morgan fingerprint density at radius 1 is 0.600 bits per heavy atom. The highest BCUT2D eigenvalue weighted by molar-refractivity contribution is 5.16. The molecular formula is C43H52O7. The number of aliphatic hydroxyl groups excluding tert-OH is 1. The van der Waals surface area contributed by atoms with Gasteiger partial charge in [0, 0.05) is 0 Å². The first kappa shape index (κ1) is 36.4. The van der Waals surface area contributed by atoms with Crippen LogP contribution in [0.5, 0.6) is 0 Å². The van der Waals surface area contributed by atoms with E-state index in [0.29, 0.717) is 38.8 Å². The second kappa shape index (κ2) is 18.7. The first-order valence-electron chi connectivity index (χ1n) is 18.1. The largest absolute Gasteiger partial charge is 0.393 e. The molecule has 1 saturated heterocycles. The first-order valence-corrected chi connectivity index (χ1v) is 18.1. The minimum atomic E-state index is -0.769. The SMILES string of the molecule is CC(C)[C@H]1CCC(O[C@@H]2OC(COCc3ccccc3)[C@@H](OCc3ccccc3)C(OCc3ccccc3)C2OCc2ccccc2)C[C@@H]1O. The maximum absolute atomic E-state index is 11.1. The lowest BCUT2D eigenvalue weighted by atomic mass is 9.78. The summed E-state index contributed by atoms with van der Waals surface area (Å²) in [6.45, 7) is 6.15. The molecule has 2 fully saturated rings. The predicted octanol–water partition coefficient (Wildman–Crippen LogP) is 7.89. The molecule has 6 rings (SSSR count). The van der Waals surface area contributed by atoms with Gasteiger partial charge in [-0.15, -0.1) is 0 Å². The second-order valence-electron chi connectivity index (χ2n) is 13.9. The number of ether oxygens (including phenoxy) is 6. The molecule has 0 bridgehead atoms. The van der Waals surface area contributed by atoms with Crippen molar-refractivity contribution in [3.8, 4) is 0 Å². The molecule has 266 valence electrons. The van der Waals surface area contributed by atoms with E-state index in [1.54, 1.807) is 0 Å². The number of rotatable bonds is 16. The second-order valence-corrected chi connectivity index (χ2v) is 13.9. The molecule has 4 unspecified atom stereocenters. The molecule has 7 nitrogen and oxygen atoms in total. The van der Waals surface area contributed by atoms with Gasteiger partial charge in [-0.05, 0) is 53.4 Å². The Balaban J connectivity index is 1.29. The van der Waals surface area contributed by atoms with Crippen LogP contribution in [0.15, 0.2) is 121 Å². The molecule has 0 aromatic heterocycles. The Labute approximate surface area is 297 Å². The van der Waals surface area contributed by atoms with Gasteiger partial charge in [0.1, 0.15) is 24.4 Å². The Bertz CT molecular complexity index is 1500. The average Bonchev–Trinajstić information content (AvgIpc) is 3.14. The van der Waals surface area contributed by atoms with E-state index >= 15 is 0 Å². The van der Waals surface area contributed by atoms with Crippen LogP contribution in [-0.2, 0) is 54.8 Å². The third-order valence-corrected chi connectivity index (χ3v) is 9.84. The fourth-order valence-corrected chi connectivity index (χ4v) is 7.08. The molecule has 1 N–H and O–H groups in total. The van der Waals surface area contributed by atoms with Crippen molar-refractivity contribution >= 4 is 0 Å². The van der Waals surface area contributed by atoms with Crippen molar-refractivity contribution in [2.45, 2.75) is 102 Å². The molecule has 1 aliphatic heterocycles. The number of hydrogen-bond donors (Lipinski definition) is 1. The summed E-state index contributed by atoms with van der Waals surface area (Å²) in [4.78, 5) is 0. The average molecular weight is 681 g/mol. The molecule has 2 aliphatic rings. The van der Waals surface area contributed by atoms with Gasteiger partial charge in [-0.2, -0.15) is 0 Å². The Kier molecular flexibility index (Phi) is 13.6. The van der Waals surface area contributed by atoms with Crippen LogP contribution >= 0.6 is 0 Å². The molecule has 8 atom stereocenters. The highest BCUT2D eigenvalue weighted by Crippen LogP contribution is 2.36. The third kappa shape index (κ3) is 10.3. The summed E-state index contributed by atoms with van der Waals surface area (Å²) in [6, 6.07) is 40.5. The van der Waals surface area contributed by atoms with Gasteiger partial charge in [-0.3, -0.25) is 0 Å². The van der Waals surface area contributed by atoms with E-state index in [-0.39, 0.29) is 18.6 Å². The van der Waals surface area contributed by atoms with Crippen molar-refractivity contribution in [1.29, 1.82) is 0 Å². The van der Waals surface area contributed by atoms with Crippen LogP contribution in [0.1, 0.15) is 55.4 Å². The van der Waals surface area contributed by atoms with E-state index in [4.69, 9.17) is 28.4 Å². The molecule has 1 heterocycles. The highest BCUT2D eigenvalue weighted by atomic mass is 16.7. The van der Waals surface area contributed by atoms with Crippen molar-refractivity contribution in [2.75, 3.05) is 6.61 Å². The van der Waals surface area contributed by atoms with Crippen LogP contribution in [0.25, 0.3) is 0 Å². The predicted molar refractivity (Wildman–Crippen MR) is 193 cm³/mol. The zero-order valence-corrected chi connectivity index (χ0v) is 29.3. The van der Waals surface area contributed by atoms with E-state index in [9.17, 15) is 5.11 Å². The molecule has 4 aromatic carbocycles. The van der Waals surface area contributed by atoms with Crippen molar-refractivity contribution < 1.29 is 33.5 Å². The molecule has 0 radical (unpaired) electrons. The van der Waals surface area contributed by atoms with Crippen LogP contribution in [-0.4, -0.2) is 54.6 Å². The Morgan fingerprint density at radius 2 is 1.06 bits per heavy atom. The maximum atomic E-state index is 11.1. The fraction of sp³-hybridized carbons (Fsp3) is 0.442. The summed E-state index contributed by atoms with van der Waals surface area (Å²) in [7, 11) is 0. The van der Waals surface area contributed by atoms with Gasteiger partial charge >= 0.3 is 0 Å². The number of benzene rings is 4. The van der Waals surface area contributed by atoms with E-state index in [1.807, 2.05) is 84.9 Å². The molecular weight excluding hydrogens is 628 g/mol. The lowest BCUT2D eigenvalue weighted by Gasteiger charge is -2.47. The maximum Gasteiger partial charge on any atom is 0.187 e. The number of hydrogen-bond acceptors (Lipinski definition) is 7. The summed E-state index contributed by atoms with van der Waals surface area (Å²) in [5.74, 6) is 0.660. The van der Waals surface area contributed by atoms with E-state index in [2.05, 4.69) is 50.2 Å². The number of aliphatic hydroxyl groups is 1. The van der Waals surface area contributed by atoms with Crippen LogP contribution in [0.3, 0.4) is 0 Å². The van der Waals surface area contributed by atoms with Crippen LogP contribution < -0.4 is 0 Å². The summed E-state index contributed by atoms with van der Waals surface area (Å²) in [5, 5.41) is 11.1. The van der Waals surface area contributed by atoms with Gasteiger partial charge in [0.15, 0.2) is 6.29 Å². The fourth-order valence-electron chi connectivity index (χ4n) is 7.08. The zero-order valence-electron chi connectivity index (χ0n) is 29.3. The third-order valence-electron chi connectivity index (χ3n) is 9.84. The smallest absolute Gasteiger partial charge is 0.187 e. The molecule has 0 spiro atoms. The lowest BCUT2D eigenvalue weighted by molar-refractivity contribution is -0.339. The summed E-state index contributed by atoms with van der Waals surface area (Å²) in [6.07, 6.45) is -1.32. The topological polar surface area (TPSA) is 75.6 Å². The quantitative estimate of drug-likeness (QED) is 0.129. The van der Waals surface area contributed by atoms with Crippen molar-refractivity contribution in [3.63, 3.8) is 0 Å². The van der Waals surface area contributed by atoms with Crippen LogP contribution in [0, 0.1) is 11.8 Å². The molecule has 1 saturated carbocycles. The minimum Gasteiger partial charge on any atom is -0.393 e. The normalized spacial score (nSPS) is 27.0. The van der Waals surface area contributed by atoms with E-state index < -0.39 is 36.8 Å². The minimum absolute atomic E-state index is 0.185. The van der Waals surface area contributed by atoms with Crippen molar-refractivity contribution in [2.24, 2.45) is 11.8 Å². The van der Waals surface area contributed by atoms with Gasteiger partial charge < -0.3 is 33.5 Å². The van der Waals surface area contributed by atoms with Gasteiger partial charge in [-0.25, -0.2) is 0 Å². The monoisotopic (exact) mass is 680 g/mol. The van der Waals surface area contributed by atoms with Crippen LogP contribution in [0.2, 0.25) is 0 Å². The summed E-state index contributed by atoms with van der Waals surface area (Å²) < 4.78 is 40.4. The molecule has 50 heavy (non-hydrogen) atoms. The zero-order chi connectivity index (χ0) is 34.5. The standard InChI is InChI=1S/C43H52O7/c1-31(2)37-24-23-36(25-38(37)44)49-43-42(48-29-35-21-13-6-14-22-35)41(47-28-34-19-11-5-12-20-34)40(46-27-33-17-9-4-10-18-33)39(50-43)30-45-26-32-15-7-3-8-16-32/h3-22,31,36-44H,23-30H2,1-2H3/t36?,37-,38+,39?,40-,41?,42?,43-/m1/s1. The van der Waals surface area contributed by atoms with Crippen LogP contribution in [0.4, 0.5) is 0 Å². The van der Waals surface area contributed by atoms with E-state index in [1.165, 1.54) is 0 Å². The molecule has 7 heteroatoms. The Hall–Kier alpha value is -3.40. The molecule has 1 aliphatic carbocycles. The van der Waals surface area contributed by atoms with E-state index in [0.717, 1.165) is 35.1 Å². The van der Waals surface area contributed by atoms with Gasteiger partial charge in [0.25, 0.3) is 0 Å². The summed E-state index contributed by atoms with van der Waals surface area (Å²) in [5.41, 5.74) is 4.21.